The van der Waals surface area contributed by atoms with Crippen molar-refractivity contribution >= 4 is 34.0 Å². The minimum Gasteiger partial charge on any atom is -0.360 e. The Bertz CT molecular complexity index is 1010. The monoisotopic (exact) mass is 425 g/mol. The Morgan fingerprint density at radius 2 is 1.83 bits per heavy atom. The van der Waals surface area contributed by atoms with E-state index in [0.717, 1.165) is 24.5 Å². The number of benzene rings is 1. The topological polar surface area (TPSA) is 90.7 Å². The quantitative estimate of drug-likeness (QED) is 0.651. The van der Waals surface area contributed by atoms with Gasteiger partial charge in [0, 0.05) is 37.9 Å². The first-order valence-corrected chi connectivity index (χ1v) is 10.6. The van der Waals surface area contributed by atoms with Crippen LogP contribution in [0.15, 0.2) is 53.1 Å². The van der Waals surface area contributed by atoms with Crippen molar-refractivity contribution in [2.75, 3.05) is 36.8 Å². The van der Waals surface area contributed by atoms with Crippen LogP contribution in [0.1, 0.15) is 21.1 Å². The van der Waals surface area contributed by atoms with Crippen molar-refractivity contribution < 1.29 is 14.1 Å². The van der Waals surface area contributed by atoms with Gasteiger partial charge < -0.3 is 14.7 Å². The fourth-order valence-corrected chi connectivity index (χ4v) is 4.16. The average molecular weight is 426 g/mol. The number of urea groups is 1. The molecule has 0 aliphatic carbocycles. The molecular weight excluding hydrogens is 402 g/mol. The molecule has 30 heavy (non-hydrogen) atoms. The van der Waals surface area contributed by atoms with Crippen LogP contribution < -0.4 is 10.6 Å². The summed E-state index contributed by atoms with van der Waals surface area (Å²) in [5.74, 6) is 0.835. The Morgan fingerprint density at radius 1 is 1.07 bits per heavy atom. The van der Waals surface area contributed by atoms with E-state index in [9.17, 15) is 9.59 Å². The maximum absolute atomic E-state index is 12.8. The predicted molar refractivity (Wildman–Crippen MR) is 116 cm³/mol. The summed E-state index contributed by atoms with van der Waals surface area (Å²) in [6, 6.07) is 14.3. The number of rotatable bonds is 5. The van der Waals surface area contributed by atoms with Gasteiger partial charge in [0.05, 0.1) is 22.1 Å². The molecule has 1 fully saturated rings. The molecule has 3 aromatic rings. The molecule has 2 N–H and O–H groups in total. The third-order valence-electron chi connectivity index (χ3n) is 4.80. The lowest BCUT2D eigenvalue weighted by Gasteiger charge is -2.33. The lowest BCUT2D eigenvalue weighted by molar-refractivity contribution is 0.0622. The van der Waals surface area contributed by atoms with Gasteiger partial charge in [0.25, 0.3) is 5.91 Å². The third kappa shape index (κ3) is 5.05. The summed E-state index contributed by atoms with van der Waals surface area (Å²) >= 11 is 1.28. The lowest BCUT2D eigenvalue weighted by atomic mass is 10.2. The summed E-state index contributed by atoms with van der Waals surface area (Å²) < 4.78 is 5.27. The van der Waals surface area contributed by atoms with E-state index < -0.39 is 0 Å². The first kappa shape index (κ1) is 20.1. The summed E-state index contributed by atoms with van der Waals surface area (Å²) in [5.41, 5.74) is 1.58. The number of hydrogen-bond donors (Lipinski definition) is 2. The maximum Gasteiger partial charge on any atom is 0.324 e. The van der Waals surface area contributed by atoms with E-state index in [1.54, 1.807) is 12.1 Å². The van der Waals surface area contributed by atoms with E-state index in [4.69, 9.17) is 4.52 Å². The van der Waals surface area contributed by atoms with Crippen LogP contribution >= 0.6 is 11.3 Å². The molecular formula is C21H23N5O3S. The van der Waals surface area contributed by atoms with Crippen molar-refractivity contribution in [2.45, 2.75) is 13.5 Å². The van der Waals surface area contributed by atoms with Crippen molar-refractivity contribution in [2.24, 2.45) is 0 Å². The van der Waals surface area contributed by atoms with E-state index in [2.05, 4.69) is 20.7 Å². The van der Waals surface area contributed by atoms with Crippen molar-refractivity contribution in [1.29, 1.82) is 0 Å². The molecule has 0 spiro atoms. The highest BCUT2D eigenvalue weighted by Crippen LogP contribution is 2.24. The van der Waals surface area contributed by atoms with Gasteiger partial charge in [-0.2, -0.15) is 0 Å². The molecule has 8 nitrogen and oxygen atoms in total. The SMILES string of the molecule is Cc1cc(CN2CCN(C(=O)c3ccc(NC(=O)Nc4ccccc4)s3)CC2)on1. The predicted octanol–water partition coefficient (Wildman–Crippen LogP) is 3.65. The van der Waals surface area contributed by atoms with Gasteiger partial charge in [-0.05, 0) is 31.2 Å². The maximum atomic E-state index is 12.8. The first-order chi connectivity index (χ1) is 14.6. The molecule has 0 unspecified atom stereocenters. The number of amides is 3. The van der Waals surface area contributed by atoms with E-state index in [0.29, 0.717) is 35.2 Å². The Labute approximate surface area is 178 Å². The zero-order valence-electron chi connectivity index (χ0n) is 16.6. The number of aromatic nitrogens is 1. The minimum atomic E-state index is -0.335. The molecule has 4 rings (SSSR count). The molecule has 0 radical (unpaired) electrons. The summed E-state index contributed by atoms with van der Waals surface area (Å²) in [7, 11) is 0. The molecule has 2 aromatic heterocycles. The van der Waals surface area contributed by atoms with Crippen LogP contribution in [-0.2, 0) is 6.54 Å². The summed E-state index contributed by atoms with van der Waals surface area (Å²) in [5, 5.41) is 10.1. The van der Waals surface area contributed by atoms with Gasteiger partial charge in [-0.1, -0.05) is 23.4 Å². The van der Waals surface area contributed by atoms with Gasteiger partial charge in [0.15, 0.2) is 5.76 Å². The number of piperazine rings is 1. The highest BCUT2D eigenvalue weighted by molar-refractivity contribution is 7.18. The van der Waals surface area contributed by atoms with Gasteiger partial charge in [-0.3, -0.25) is 15.0 Å². The molecule has 0 atom stereocenters. The number of aryl methyl sites for hydroxylation is 1. The smallest absolute Gasteiger partial charge is 0.324 e. The molecule has 0 saturated carbocycles. The number of nitrogens with one attached hydrogen (secondary N) is 2. The van der Waals surface area contributed by atoms with Gasteiger partial charge in [-0.15, -0.1) is 11.3 Å². The molecule has 3 heterocycles. The number of anilines is 2. The van der Waals surface area contributed by atoms with Gasteiger partial charge in [0.1, 0.15) is 0 Å². The van der Waals surface area contributed by atoms with Crippen molar-refractivity contribution in [3.05, 3.63) is 64.9 Å². The van der Waals surface area contributed by atoms with Crippen LogP contribution in [0.5, 0.6) is 0 Å². The number of carbonyl (C=O) groups excluding carboxylic acids is 2. The van der Waals surface area contributed by atoms with E-state index in [-0.39, 0.29) is 11.9 Å². The van der Waals surface area contributed by atoms with Gasteiger partial charge >= 0.3 is 6.03 Å². The standard InChI is InChI=1S/C21H23N5O3S/c1-15-13-17(29-24-15)14-25-9-11-26(12-10-25)20(27)18-7-8-19(30-18)23-21(28)22-16-5-3-2-4-6-16/h2-8,13H,9-12,14H2,1H3,(H2,22,23,28). The molecule has 156 valence electrons. The lowest BCUT2D eigenvalue weighted by Crippen LogP contribution is -2.48. The summed E-state index contributed by atoms with van der Waals surface area (Å²) in [4.78, 5) is 29.7. The normalized spacial score (nSPS) is 14.5. The molecule has 1 aromatic carbocycles. The minimum absolute atomic E-state index is 0.00771. The largest absolute Gasteiger partial charge is 0.360 e. The van der Waals surface area contributed by atoms with Crippen LogP contribution in [0, 0.1) is 6.92 Å². The molecule has 3 amide bonds. The molecule has 9 heteroatoms. The number of hydrogen-bond acceptors (Lipinski definition) is 6. The molecule has 0 bridgehead atoms. The molecule has 1 aliphatic rings. The van der Waals surface area contributed by atoms with Crippen molar-refractivity contribution in [3.8, 4) is 0 Å². The first-order valence-electron chi connectivity index (χ1n) is 9.73. The zero-order valence-corrected chi connectivity index (χ0v) is 17.4. The third-order valence-corrected chi connectivity index (χ3v) is 5.79. The highest BCUT2D eigenvalue weighted by atomic mass is 32.1. The number of carbonyl (C=O) groups is 2. The number of para-hydroxylation sites is 1. The van der Waals surface area contributed by atoms with Crippen LogP contribution in [0.25, 0.3) is 0 Å². The second-order valence-corrected chi connectivity index (χ2v) is 8.20. The van der Waals surface area contributed by atoms with Crippen molar-refractivity contribution in [3.63, 3.8) is 0 Å². The molecule has 1 aliphatic heterocycles. The Balaban J connectivity index is 1.27. The van der Waals surface area contributed by atoms with Crippen LogP contribution in [-0.4, -0.2) is 53.1 Å². The van der Waals surface area contributed by atoms with Crippen molar-refractivity contribution in [1.82, 2.24) is 15.0 Å². The molecule has 1 saturated heterocycles. The van der Waals surface area contributed by atoms with Crippen LogP contribution in [0.4, 0.5) is 15.5 Å². The number of nitrogens with zero attached hydrogens (tertiary/aromatic N) is 3. The van der Waals surface area contributed by atoms with E-state index in [1.807, 2.05) is 48.2 Å². The number of thiophene rings is 1. The second-order valence-electron chi connectivity index (χ2n) is 7.11. The second kappa shape index (κ2) is 9.10. The zero-order chi connectivity index (χ0) is 20.9. The average Bonchev–Trinajstić information content (AvgIpc) is 3.37. The Kier molecular flexibility index (Phi) is 6.10. The highest BCUT2D eigenvalue weighted by Gasteiger charge is 2.24. The summed E-state index contributed by atoms with van der Waals surface area (Å²) in [6.45, 7) is 5.47. The fraction of sp³-hybridized carbons (Fsp3) is 0.286. The Morgan fingerprint density at radius 3 is 2.53 bits per heavy atom. The van der Waals surface area contributed by atoms with Gasteiger partial charge in [0.2, 0.25) is 0 Å². The van der Waals surface area contributed by atoms with Crippen LogP contribution in [0.3, 0.4) is 0 Å². The Hall–Kier alpha value is -3.17. The fourth-order valence-electron chi connectivity index (χ4n) is 3.29. The van der Waals surface area contributed by atoms with E-state index in [1.165, 1.54) is 11.3 Å². The van der Waals surface area contributed by atoms with Gasteiger partial charge in [-0.25, -0.2) is 4.79 Å². The summed E-state index contributed by atoms with van der Waals surface area (Å²) in [6.07, 6.45) is 0. The van der Waals surface area contributed by atoms with Crippen LogP contribution in [0.2, 0.25) is 0 Å². The van der Waals surface area contributed by atoms with E-state index >= 15 is 0 Å².